The number of esters is 4. The highest BCUT2D eigenvalue weighted by molar-refractivity contribution is 5.85. The molecule has 0 bridgehead atoms. The molecule has 5 atom stereocenters. The molecule has 0 aromatic heterocycles. The molecule has 0 aliphatic carbocycles. The molecule has 0 radical (unpaired) electrons. The minimum atomic E-state index is -1.89. The molecular formula is C26H30O9. The molecule has 0 aliphatic rings. The van der Waals surface area contributed by atoms with Crippen LogP contribution >= 0.6 is 0 Å². The summed E-state index contributed by atoms with van der Waals surface area (Å²) in [7, 11) is 0. The Labute approximate surface area is 203 Å². The third-order valence-electron chi connectivity index (χ3n) is 5.02. The number of aliphatic hydroxyl groups is 1. The molecule has 0 fully saturated rings. The Morgan fingerprint density at radius 2 is 1.03 bits per heavy atom. The van der Waals surface area contributed by atoms with E-state index in [0.717, 1.165) is 11.1 Å². The van der Waals surface area contributed by atoms with E-state index in [1.807, 2.05) is 12.1 Å². The first kappa shape index (κ1) is 27.5. The van der Waals surface area contributed by atoms with Gasteiger partial charge in [-0.25, -0.2) is 14.4 Å². The number of hydrogen-bond acceptors (Lipinski definition) is 9. The van der Waals surface area contributed by atoms with Crippen LogP contribution in [0.2, 0.25) is 0 Å². The Kier molecular flexibility index (Phi) is 10.4. The molecule has 188 valence electrons. The standard InChI is InChI=1S/C26H30O9/c1-16(20-11-7-5-8-12-20)33-24(29)18(3)32-23(28)15-22(27)26(31)35-19(4)25(30)34-17(2)21-13-9-6-10-14-21/h5-14,16-19,22,27H,15H2,1-4H3. The summed E-state index contributed by atoms with van der Waals surface area (Å²) in [6, 6.07) is 18.0. The second-order valence-corrected chi connectivity index (χ2v) is 7.91. The molecule has 9 nitrogen and oxygen atoms in total. The van der Waals surface area contributed by atoms with E-state index in [1.54, 1.807) is 62.4 Å². The van der Waals surface area contributed by atoms with Gasteiger partial charge >= 0.3 is 23.9 Å². The predicted molar refractivity (Wildman–Crippen MR) is 124 cm³/mol. The zero-order chi connectivity index (χ0) is 26.0. The summed E-state index contributed by atoms with van der Waals surface area (Å²) in [6.07, 6.45) is -6.37. The molecule has 9 heteroatoms. The topological polar surface area (TPSA) is 125 Å². The van der Waals surface area contributed by atoms with Crippen LogP contribution in [0.15, 0.2) is 60.7 Å². The maximum absolute atomic E-state index is 12.2. The molecule has 0 saturated carbocycles. The van der Waals surface area contributed by atoms with Crippen LogP contribution in [0, 0.1) is 0 Å². The number of benzene rings is 2. The first-order valence-corrected chi connectivity index (χ1v) is 11.2. The van der Waals surface area contributed by atoms with Crippen LogP contribution in [0.4, 0.5) is 0 Å². The number of carbonyl (C=O) groups excluding carboxylic acids is 4. The third-order valence-corrected chi connectivity index (χ3v) is 5.02. The zero-order valence-electron chi connectivity index (χ0n) is 20.1. The van der Waals surface area contributed by atoms with Crippen molar-refractivity contribution in [1.29, 1.82) is 0 Å². The Bertz CT molecular complexity index is 990. The molecule has 0 saturated heterocycles. The van der Waals surface area contributed by atoms with Crippen molar-refractivity contribution in [3.05, 3.63) is 71.8 Å². The van der Waals surface area contributed by atoms with Crippen LogP contribution in [0.3, 0.4) is 0 Å². The zero-order valence-corrected chi connectivity index (χ0v) is 20.1. The van der Waals surface area contributed by atoms with E-state index in [0.29, 0.717) is 0 Å². The summed E-state index contributed by atoms with van der Waals surface area (Å²) in [5.74, 6) is -3.81. The van der Waals surface area contributed by atoms with E-state index < -0.39 is 60.8 Å². The summed E-state index contributed by atoms with van der Waals surface area (Å²) >= 11 is 0. The monoisotopic (exact) mass is 486 g/mol. The molecule has 35 heavy (non-hydrogen) atoms. The first-order chi connectivity index (χ1) is 16.6. The van der Waals surface area contributed by atoms with Gasteiger partial charge in [0.15, 0.2) is 18.3 Å². The fourth-order valence-corrected chi connectivity index (χ4v) is 2.96. The van der Waals surface area contributed by atoms with Crippen molar-refractivity contribution >= 4 is 23.9 Å². The first-order valence-electron chi connectivity index (χ1n) is 11.2. The predicted octanol–water partition coefficient (Wildman–Crippen LogP) is 3.21. The minimum Gasteiger partial charge on any atom is -0.455 e. The minimum absolute atomic E-state index is 0.559. The molecule has 2 aromatic carbocycles. The highest BCUT2D eigenvalue weighted by Gasteiger charge is 2.29. The molecule has 0 amide bonds. The molecule has 1 N–H and O–H groups in total. The van der Waals surface area contributed by atoms with Gasteiger partial charge in [0.1, 0.15) is 12.2 Å². The average molecular weight is 487 g/mol. The van der Waals surface area contributed by atoms with Gasteiger partial charge in [0, 0.05) is 0 Å². The molecular weight excluding hydrogens is 456 g/mol. The third kappa shape index (κ3) is 8.86. The number of ether oxygens (including phenoxy) is 4. The lowest BCUT2D eigenvalue weighted by Crippen LogP contribution is -2.35. The number of hydrogen-bond donors (Lipinski definition) is 1. The summed E-state index contributed by atoms with van der Waals surface area (Å²) in [5.41, 5.74) is 1.52. The second kappa shape index (κ2) is 13.2. The summed E-state index contributed by atoms with van der Waals surface area (Å²) in [6.45, 7) is 5.94. The van der Waals surface area contributed by atoms with Crippen LogP contribution < -0.4 is 0 Å². The van der Waals surface area contributed by atoms with E-state index in [-0.39, 0.29) is 0 Å². The van der Waals surface area contributed by atoms with Gasteiger partial charge in [-0.2, -0.15) is 0 Å². The maximum atomic E-state index is 12.2. The van der Waals surface area contributed by atoms with Gasteiger partial charge < -0.3 is 24.1 Å². The quantitative estimate of drug-likeness (QED) is 0.376. The van der Waals surface area contributed by atoms with Gasteiger partial charge in [-0.3, -0.25) is 4.79 Å². The molecule has 2 aromatic rings. The van der Waals surface area contributed by atoms with Gasteiger partial charge in [-0.15, -0.1) is 0 Å². The summed E-state index contributed by atoms with van der Waals surface area (Å²) in [5, 5.41) is 9.98. The lowest BCUT2D eigenvalue weighted by molar-refractivity contribution is -0.178. The molecule has 0 aliphatic heterocycles. The van der Waals surface area contributed by atoms with Gasteiger partial charge in [-0.05, 0) is 38.8 Å². The summed E-state index contributed by atoms with van der Waals surface area (Å²) in [4.78, 5) is 48.5. The van der Waals surface area contributed by atoms with Gasteiger partial charge in [0.25, 0.3) is 0 Å². The van der Waals surface area contributed by atoms with Crippen LogP contribution in [0.1, 0.15) is 57.5 Å². The van der Waals surface area contributed by atoms with Gasteiger partial charge in [-0.1, -0.05) is 60.7 Å². The van der Waals surface area contributed by atoms with Crippen molar-refractivity contribution in [2.75, 3.05) is 0 Å². The van der Waals surface area contributed by atoms with E-state index in [1.165, 1.54) is 13.8 Å². The Hall–Kier alpha value is -3.72. The molecule has 0 heterocycles. The second-order valence-electron chi connectivity index (χ2n) is 7.91. The smallest absolute Gasteiger partial charge is 0.347 e. The van der Waals surface area contributed by atoms with Gasteiger partial charge in [0.2, 0.25) is 0 Å². The number of carbonyl (C=O) groups is 4. The van der Waals surface area contributed by atoms with Crippen LogP contribution in [0.5, 0.6) is 0 Å². The normalized spacial score (nSPS) is 15.0. The highest BCUT2D eigenvalue weighted by Crippen LogP contribution is 2.18. The largest absolute Gasteiger partial charge is 0.455 e. The summed E-state index contributed by atoms with van der Waals surface area (Å²) < 4.78 is 20.4. The van der Waals surface area contributed by atoms with Crippen LogP contribution in [-0.4, -0.2) is 47.3 Å². The Balaban J connectivity index is 1.77. The lowest BCUT2D eigenvalue weighted by Gasteiger charge is -2.19. The Morgan fingerprint density at radius 1 is 0.629 bits per heavy atom. The molecule has 0 spiro atoms. The van der Waals surface area contributed by atoms with E-state index in [2.05, 4.69) is 0 Å². The van der Waals surface area contributed by atoms with Crippen LogP contribution in [-0.2, 0) is 38.1 Å². The fraction of sp³-hybridized carbons (Fsp3) is 0.385. The van der Waals surface area contributed by atoms with Crippen molar-refractivity contribution in [3.63, 3.8) is 0 Å². The van der Waals surface area contributed by atoms with Crippen molar-refractivity contribution < 1.29 is 43.2 Å². The maximum Gasteiger partial charge on any atom is 0.347 e. The van der Waals surface area contributed by atoms with Crippen molar-refractivity contribution in [2.45, 2.75) is 64.6 Å². The van der Waals surface area contributed by atoms with Crippen molar-refractivity contribution in [2.24, 2.45) is 0 Å². The van der Waals surface area contributed by atoms with E-state index in [9.17, 15) is 24.3 Å². The fourth-order valence-electron chi connectivity index (χ4n) is 2.96. The molecule has 2 rings (SSSR count). The SMILES string of the molecule is CC(OC(=O)CC(O)C(=O)OC(C)C(=O)OC(C)c1ccccc1)C(=O)OC(C)c1ccccc1. The Morgan fingerprint density at radius 3 is 1.46 bits per heavy atom. The van der Waals surface area contributed by atoms with Crippen molar-refractivity contribution in [1.82, 2.24) is 0 Å². The number of aliphatic hydroxyl groups excluding tert-OH is 1. The van der Waals surface area contributed by atoms with E-state index in [4.69, 9.17) is 18.9 Å². The molecule has 5 unspecified atom stereocenters. The lowest BCUT2D eigenvalue weighted by atomic mass is 10.1. The average Bonchev–Trinajstić information content (AvgIpc) is 2.84. The number of rotatable bonds is 11. The van der Waals surface area contributed by atoms with E-state index >= 15 is 0 Å². The van der Waals surface area contributed by atoms with Crippen molar-refractivity contribution in [3.8, 4) is 0 Å². The van der Waals surface area contributed by atoms with Gasteiger partial charge in [0.05, 0.1) is 6.42 Å². The highest BCUT2D eigenvalue weighted by atomic mass is 16.6. The van der Waals surface area contributed by atoms with Crippen LogP contribution in [0.25, 0.3) is 0 Å².